The third kappa shape index (κ3) is 3.97. The lowest BCUT2D eigenvalue weighted by Crippen LogP contribution is -2.17. The van der Waals surface area contributed by atoms with E-state index in [1.54, 1.807) is 0 Å². The summed E-state index contributed by atoms with van der Waals surface area (Å²) < 4.78 is 25.4. The van der Waals surface area contributed by atoms with Crippen LogP contribution in [0.15, 0.2) is 22.2 Å². The van der Waals surface area contributed by atoms with E-state index >= 15 is 0 Å². The van der Waals surface area contributed by atoms with Crippen LogP contribution in [0.1, 0.15) is 0 Å². The maximum atomic E-state index is 12.1. The summed E-state index contributed by atoms with van der Waals surface area (Å²) in [5.74, 6) is -1.44. The van der Waals surface area contributed by atoms with Crippen LogP contribution in [0.3, 0.4) is 0 Å². The first-order chi connectivity index (χ1) is 7.49. The van der Waals surface area contributed by atoms with Crippen LogP contribution in [0.5, 0.6) is 0 Å². The van der Waals surface area contributed by atoms with E-state index in [1.165, 1.54) is 6.20 Å². The van der Waals surface area contributed by atoms with Crippen LogP contribution in [-0.2, 0) is 11.3 Å². The van der Waals surface area contributed by atoms with E-state index in [-0.39, 0.29) is 10.9 Å². The Bertz CT molecular complexity index is 436. The quantitative estimate of drug-likeness (QED) is 0.614. The molecular weight excluding hydrogens is 242 g/mol. The predicted molar refractivity (Wildman–Crippen MR) is 52.9 cm³/mol. The Labute approximate surface area is 93.1 Å². The summed E-state index contributed by atoms with van der Waals surface area (Å²) in [4.78, 5) is 24.7. The molecule has 0 unspecified atom stereocenters. The Morgan fingerprint density at radius 1 is 1.62 bits per heavy atom. The van der Waals surface area contributed by atoms with Gasteiger partial charge in [0.05, 0.1) is 12.3 Å². The second-order valence-electron chi connectivity index (χ2n) is 2.77. The predicted octanol–water partition coefficient (Wildman–Crippen LogP) is 0.685. The molecule has 5 nitrogen and oxygen atoms in total. The van der Waals surface area contributed by atoms with Gasteiger partial charge < -0.3 is 9.67 Å². The summed E-state index contributed by atoms with van der Waals surface area (Å²) >= 11 is 0.730. The number of thioether (sulfide) groups is 1. The number of carboxylic acid groups (broad SMARTS) is 1. The molecule has 1 N–H and O–H groups in total. The summed E-state index contributed by atoms with van der Waals surface area (Å²) in [7, 11) is 0. The van der Waals surface area contributed by atoms with E-state index < -0.39 is 24.5 Å². The zero-order valence-electron chi connectivity index (χ0n) is 7.97. The standard InChI is InChI=1S/C8H8F2N2O3S/c9-5(10)3-12-2-1-6(13)11-8(12)16-4-7(14)15/h1-2,5H,3-4H2,(H,14,15). The maximum Gasteiger partial charge on any atom is 0.313 e. The lowest BCUT2D eigenvalue weighted by atomic mass is 10.6. The SMILES string of the molecule is O=C(O)CSc1nc(=O)ccn1CC(F)F. The van der Waals surface area contributed by atoms with Crippen molar-refractivity contribution in [2.75, 3.05) is 5.75 Å². The zero-order chi connectivity index (χ0) is 12.1. The van der Waals surface area contributed by atoms with E-state index in [1.807, 2.05) is 0 Å². The van der Waals surface area contributed by atoms with Gasteiger partial charge in [-0.3, -0.25) is 9.59 Å². The van der Waals surface area contributed by atoms with Gasteiger partial charge in [0.25, 0.3) is 12.0 Å². The second kappa shape index (κ2) is 5.59. The molecule has 0 atom stereocenters. The van der Waals surface area contributed by atoms with Gasteiger partial charge in [0.2, 0.25) is 0 Å². The topological polar surface area (TPSA) is 72.2 Å². The highest BCUT2D eigenvalue weighted by molar-refractivity contribution is 7.99. The van der Waals surface area contributed by atoms with Crippen molar-refractivity contribution in [3.63, 3.8) is 0 Å². The van der Waals surface area contributed by atoms with Crippen molar-refractivity contribution in [2.45, 2.75) is 18.1 Å². The van der Waals surface area contributed by atoms with Gasteiger partial charge in [-0.1, -0.05) is 11.8 Å². The number of alkyl halides is 2. The molecule has 1 rings (SSSR count). The molecule has 1 heterocycles. The molecule has 0 aliphatic rings. The molecule has 0 spiro atoms. The molecule has 88 valence electrons. The smallest absolute Gasteiger partial charge is 0.313 e. The van der Waals surface area contributed by atoms with Crippen LogP contribution in [0.25, 0.3) is 0 Å². The number of rotatable bonds is 5. The number of nitrogens with zero attached hydrogens (tertiary/aromatic N) is 2. The Morgan fingerprint density at radius 3 is 2.88 bits per heavy atom. The van der Waals surface area contributed by atoms with Crippen molar-refractivity contribution >= 4 is 17.7 Å². The van der Waals surface area contributed by atoms with Crippen LogP contribution >= 0.6 is 11.8 Å². The van der Waals surface area contributed by atoms with E-state index in [9.17, 15) is 18.4 Å². The molecule has 0 saturated heterocycles. The van der Waals surface area contributed by atoms with E-state index in [0.29, 0.717) is 0 Å². The lowest BCUT2D eigenvalue weighted by molar-refractivity contribution is -0.133. The molecule has 0 aliphatic carbocycles. The Kier molecular flexibility index (Phi) is 4.41. The highest BCUT2D eigenvalue weighted by Crippen LogP contribution is 2.14. The minimum Gasteiger partial charge on any atom is -0.481 e. The number of aromatic nitrogens is 2. The second-order valence-corrected chi connectivity index (χ2v) is 3.72. The molecule has 1 aromatic rings. The van der Waals surface area contributed by atoms with Crippen molar-refractivity contribution < 1.29 is 18.7 Å². The third-order valence-electron chi connectivity index (χ3n) is 1.51. The molecule has 0 aliphatic heterocycles. The number of carboxylic acids is 1. The summed E-state index contributed by atoms with van der Waals surface area (Å²) in [6.07, 6.45) is -1.42. The van der Waals surface area contributed by atoms with Gasteiger partial charge in [-0.15, -0.1) is 0 Å². The largest absolute Gasteiger partial charge is 0.481 e. The fourth-order valence-electron chi connectivity index (χ4n) is 0.942. The number of halogens is 2. The number of hydrogen-bond acceptors (Lipinski definition) is 4. The monoisotopic (exact) mass is 250 g/mol. The van der Waals surface area contributed by atoms with Gasteiger partial charge in [-0.2, -0.15) is 4.98 Å². The highest BCUT2D eigenvalue weighted by Gasteiger charge is 2.10. The van der Waals surface area contributed by atoms with E-state index in [0.717, 1.165) is 22.4 Å². The van der Waals surface area contributed by atoms with Gasteiger partial charge in [0.1, 0.15) is 0 Å². The first-order valence-electron chi connectivity index (χ1n) is 4.19. The number of aliphatic carboxylic acids is 1. The number of hydrogen-bond donors (Lipinski definition) is 1. The fraction of sp³-hybridized carbons (Fsp3) is 0.375. The van der Waals surface area contributed by atoms with Crippen LogP contribution < -0.4 is 5.56 Å². The zero-order valence-corrected chi connectivity index (χ0v) is 8.79. The maximum absolute atomic E-state index is 12.1. The average Bonchev–Trinajstić information content (AvgIpc) is 2.17. The number of carbonyl (C=O) groups is 1. The van der Waals surface area contributed by atoms with Gasteiger partial charge >= 0.3 is 5.97 Å². The van der Waals surface area contributed by atoms with Gasteiger partial charge in [0.15, 0.2) is 5.16 Å². The van der Waals surface area contributed by atoms with Gasteiger partial charge in [-0.05, 0) is 0 Å². The molecule has 1 aromatic heterocycles. The summed E-state index contributed by atoms with van der Waals surface area (Å²) in [6.45, 7) is -0.616. The summed E-state index contributed by atoms with van der Waals surface area (Å²) in [5, 5.41) is 8.41. The average molecular weight is 250 g/mol. The Morgan fingerprint density at radius 2 is 2.31 bits per heavy atom. The first-order valence-corrected chi connectivity index (χ1v) is 5.18. The third-order valence-corrected chi connectivity index (χ3v) is 2.48. The Hall–Kier alpha value is -1.44. The molecular formula is C8H8F2N2O3S. The van der Waals surface area contributed by atoms with Crippen LogP contribution in [-0.4, -0.2) is 32.8 Å². The van der Waals surface area contributed by atoms with E-state index in [4.69, 9.17) is 5.11 Å². The summed E-state index contributed by atoms with van der Waals surface area (Å²) in [6, 6.07) is 1.05. The lowest BCUT2D eigenvalue weighted by Gasteiger charge is -2.09. The van der Waals surface area contributed by atoms with Crippen molar-refractivity contribution in [3.8, 4) is 0 Å². The van der Waals surface area contributed by atoms with Crippen molar-refractivity contribution in [2.24, 2.45) is 0 Å². The van der Waals surface area contributed by atoms with Gasteiger partial charge in [0, 0.05) is 12.3 Å². The van der Waals surface area contributed by atoms with Crippen LogP contribution in [0, 0.1) is 0 Å². The summed E-state index contributed by atoms with van der Waals surface area (Å²) in [5.41, 5.74) is -0.585. The first kappa shape index (κ1) is 12.6. The Balaban J connectivity index is 2.89. The molecule has 0 bridgehead atoms. The molecule has 0 amide bonds. The molecule has 0 aromatic carbocycles. The van der Waals surface area contributed by atoms with Crippen molar-refractivity contribution in [3.05, 3.63) is 22.6 Å². The van der Waals surface area contributed by atoms with Gasteiger partial charge in [-0.25, -0.2) is 8.78 Å². The van der Waals surface area contributed by atoms with Crippen molar-refractivity contribution in [1.82, 2.24) is 9.55 Å². The molecule has 0 radical (unpaired) electrons. The van der Waals surface area contributed by atoms with Crippen molar-refractivity contribution in [1.29, 1.82) is 0 Å². The van der Waals surface area contributed by atoms with E-state index in [2.05, 4.69) is 4.98 Å². The minimum atomic E-state index is -2.59. The normalized spacial score (nSPS) is 10.7. The molecule has 8 heteroatoms. The van der Waals surface area contributed by atoms with Crippen LogP contribution in [0.4, 0.5) is 8.78 Å². The minimum absolute atomic E-state index is 0.0183. The molecule has 16 heavy (non-hydrogen) atoms. The highest BCUT2D eigenvalue weighted by atomic mass is 32.2. The molecule has 0 fully saturated rings. The molecule has 0 saturated carbocycles. The fourth-order valence-corrected chi connectivity index (χ4v) is 1.65. The van der Waals surface area contributed by atoms with Crippen LogP contribution in [0.2, 0.25) is 0 Å².